The van der Waals surface area contributed by atoms with Gasteiger partial charge in [-0.05, 0) is 30.7 Å². The van der Waals surface area contributed by atoms with Gasteiger partial charge in [0.05, 0.1) is 12.1 Å². The lowest BCUT2D eigenvalue weighted by atomic mass is 10.1. The number of methoxy groups -OCH3 is 1. The van der Waals surface area contributed by atoms with Crippen molar-refractivity contribution in [3.8, 4) is 0 Å². The Hall–Kier alpha value is -1.68. The molecule has 0 aromatic heterocycles. The molecule has 1 aromatic rings. The fourth-order valence-corrected chi connectivity index (χ4v) is 1.41. The summed E-state index contributed by atoms with van der Waals surface area (Å²) in [5, 5.41) is 0.118. The molecule has 0 saturated carbocycles. The summed E-state index contributed by atoms with van der Waals surface area (Å²) in [5.74, 6) is -1.69. The van der Waals surface area contributed by atoms with Gasteiger partial charge in [0.2, 0.25) is 0 Å². The third kappa shape index (κ3) is 3.39. The Balaban J connectivity index is 3.22. The molecule has 1 rings (SSSR count). The average molecular weight is 257 g/mol. The molecule has 17 heavy (non-hydrogen) atoms. The van der Waals surface area contributed by atoms with Crippen LogP contribution in [0, 0.1) is 5.82 Å². The maximum absolute atomic E-state index is 12.8. The molecule has 0 bridgehead atoms. The van der Waals surface area contributed by atoms with Crippen molar-refractivity contribution in [2.24, 2.45) is 0 Å². The number of hydrogen-bond acceptors (Lipinski definition) is 3. The molecule has 90 valence electrons. The highest BCUT2D eigenvalue weighted by atomic mass is 35.5. The predicted octanol–water partition coefficient (Wildman–Crippen LogP) is 2.62. The molecule has 0 amide bonds. The SMILES string of the molecule is COC(=O)/C(=C\c1ccc(F)cc1Cl)C(C)=O. The number of carbonyl (C=O) groups is 2. The first kappa shape index (κ1) is 13.4. The van der Waals surface area contributed by atoms with E-state index in [-0.39, 0.29) is 10.6 Å². The number of ketones is 1. The third-order valence-electron chi connectivity index (χ3n) is 2.05. The number of esters is 1. The molecule has 0 aliphatic heterocycles. The minimum absolute atomic E-state index is 0.118. The Bertz CT molecular complexity index is 495. The van der Waals surface area contributed by atoms with Crippen molar-refractivity contribution in [3.05, 3.63) is 40.2 Å². The first-order valence-corrected chi connectivity index (χ1v) is 5.09. The first-order chi connectivity index (χ1) is 7.95. The standard InChI is InChI=1S/C12H10ClFO3/c1-7(15)10(12(16)17-2)5-8-3-4-9(14)6-11(8)13/h3-6H,1-2H3/b10-5-. The molecule has 0 aliphatic rings. The molecular formula is C12H10ClFO3. The molecule has 0 aliphatic carbocycles. The van der Waals surface area contributed by atoms with E-state index < -0.39 is 17.6 Å². The average Bonchev–Trinajstić information content (AvgIpc) is 2.26. The van der Waals surface area contributed by atoms with Crippen LogP contribution in [0.25, 0.3) is 6.08 Å². The van der Waals surface area contributed by atoms with Crippen LogP contribution >= 0.6 is 11.6 Å². The van der Waals surface area contributed by atoms with Gasteiger partial charge in [0.25, 0.3) is 0 Å². The first-order valence-electron chi connectivity index (χ1n) is 4.71. The van der Waals surface area contributed by atoms with E-state index in [4.69, 9.17) is 11.6 Å². The summed E-state index contributed by atoms with van der Waals surface area (Å²) in [4.78, 5) is 22.5. The van der Waals surface area contributed by atoms with Crippen molar-refractivity contribution in [2.45, 2.75) is 6.92 Å². The maximum Gasteiger partial charge on any atom is 0.341 e. The molecule has 0 atom stereocenters. The summed E-state index contributed by atoms with van der Waals surface area (Å²) in [6.45, 7) is 1.24. The van der Waals surface area contributed by atoms with Gasteiger partial charge in [0.15, 0.2) is 5.78 Å². The molecular weight excluding hydrogens is 247 g/mol. The quantitative estimate of drug-likeness (QED) is 0.361. The lowest BCUT2D eigenvalue weighted by molar-refractivity contribution is -0.137. The summed E-state index contributed by atoms with van der Waals surface area (Å²) < 4.78 is 17.3. The summed E-state index contributed by atoms with van der Waals surface area (Å²) in [5.41, 5.74) is 0.240. The fourth-order valence-electron chi connectivity index (χ4n) is 1.19. The van der Waals surface area contributed by atoms with E-state index in [0.29, 0.717) is 5.56 Å². The number of halogens is 2. The Morgan fingerprint density at radius 3 is 2.53 bits per heavy atom. The number of carbonyl (C=O) groups excluding carboxylic acids is 2. The molecule has 0 radical (unpaired) electrons. The van der Waals surface area contributed by atoms with Crippen LogP contribution in [0.4, 0.5) is 4.39 Å². The highest BCUT2D eigenvalue weighted by Crippen LogP contribution is 2.20. The van der Waals surface area contributed by atoms with Crippen LogP contribution in [0.3, 0.4) is 0 Å². The maximum atomic E-state index is 12.8. The zero-order valence-electron chi connectivity index (χ0n) is 9.29. The minimum atomic E-state index is -0.752. The Kier molecular flexibility index (Phi) is 4.40. The summed E-state index contributed by atoms with van der Waals surface area (Å²) in [7, 11) is 1.17. The van der Waals surface area contributed by atoms with E-state index in [2.05, 4.69) is 4.74 Å². The van der Waals surface area contributed by atoms with Crippen molar-refractivity contribution < 1.29 is 18.7 Å². The molecule has 0 saturated heterocycles. The van der Waals surface area contributed by atoms with Crippen LogP contribution in [0.5, 0.6) is 0 Å². The molecule has 5 heteroatoms. The van der Waals surface area contributed by atoms with Gasteiger partial charge in [0.1, 0.15) is 11.4 Å². The predicted molar refractivity (Wildman–Crippen MR) is 62.1 cm³/mol. The highest BCUT2D eigenvalue weighted by Gasteiger charge is 2.15. The molecule has 0 heterocycles. The van der Waals surface area contributed by atoms with E-state index in [1.165, 1.54) is 32.2 Å². The van der Waals surface area contributed by atoms with Crippen LogP contribution in [-0.4, -0.2) is 18.9 Å². The second-order valence-electron chi connectivity index (χ2n) is 3.27. The van der Waals surface area contributed by atoms with Crippen LogP contribution in [0.15, 0.2) is 23.8 Å². The van der Waals surface area contributed by atoms with Crippen LogP contribution in [0.2, 0.25) is 5.02 Å². The Morgan fingerprint density at radius 1 is 1.41 bits per heavy atom. The number of benzene rings is 1. The van der Waals surface area contributed by atoms with Gasteiger partial charge >= 0.3 is 5.97 Å². The van der Waals surface area contributed by atoms with Crippen molar-refractivity contribution >= 4 is 29.4 Å². The lowest BCUT2D eigenvalue weighted by Gasteiger charge is -2.03. The monoisotopic (exact) mass is 256 g/mol. The van der Waals surface area contributed by atoms with Gasteiger partial charge in [-0.25, -0.2) is 9.18 Å². The lowest BCUT2D eigenvalue weighted by Crippen LogP contribution is -2.11. The van der Waals surface area contributed by atoms with Crippen molar-refractivity contribution in [2.75, 3.05) is 7.11 Å². The normalized spacial score (nSPS) is 11.2. The minimum Gasteiger partial charge on any atom is -0.465 e. The largest absolute Gasteiger partial charge is 0.465 e. The summed E-state index contributed by atoms with van der Waals surface area (Å²) in [6, 6.07) is 3.67. The number of Topliss-reactive ketones (excluding diaryl/α,β-unsaturated/α-hetero) is 1. The van der Waals surface area contributed by atoms with Gasteiger partial charge in [-0.2, -0.15) is 0 Å². The summed E-state index contributed by atoms with van der Waals surface area (Å²) >= 11 is 5.78. The smallest absolute Gasteiger partial charge is 0.341 e. The van der Waals surface area contributed by atoms with E-state index in [9.17, 15) is 14.0 Å². The van der Waals surface area contributed by atoms with Crippen molar-refractivity contribution in [1.82, 2.24) is 0 Å². The molecule has 0 fully saturated rings. The van der Waals surface area contributed by atoms with Crippen molar-refractivity contribution in [3.63, 3.8) is 0 Å². The molecule has 1 aromatic carbocycles. The van der Waals surface area contributed by atoms with Crippen LogP contribution in [-0.2, 0) is 14.3 Å². The zero-order valence-corrected chi connectivity index (χ0v) is 10.0. The number of rotatable bonds is 3. The molecule has 0 unspecified atom stereocenters. The fraction of sp³-hybridized carbons (Fsp3) is 0.167. The summed E-state index contributed by atoms with van der Waals surface area (Å²) in [6.07, 6.45) is 1.27. The molecule has 0 N–H and O–H groups in total. The van der Waals surface area contributed by atoms with Gasteiger partial charge in [-0.15, -0.1) is 0 Å². The van der Waals surface area contributed by atoms with Crippen LogP contribution in [0.1, 0.15) is 12.5 Å². The molecule has 0 spiro atoms. The van der Waals surface area contributed by atoms with E-state index >= 15 is 0 Å². The Labute approximate surface area is 103 Å². The van der Waals surface area contributed by atoms with Gasteiger partial charge < -0.3 is 4.74 Å². The van der Waals surface area contributed by atoms with E-state index in [0.717, 1.165) is 6.07 Å². The third-order valence-corrected chi connectivity index (χ3v) is 2.37. The Morgan fingerprint density at radius 2 is 2.06 bits per heavy atom. The highest BCUT2D eigenvalue weighted by molar-refractivity contribution is 6.32. The van der Waals surface area contributed by atoms with Gasteiger partial charge in [-0.1, -0.05) is 17.7 Å². The second kappa shape index (κ2) is 5.59. The van der Waals surface area contributed by atoms with E-state index in [1.807, 2.05) is 0 Å². The van der Waals surface area contributed by atoms with E-state index in [1.54, 1.807) is 0 Å². The van der Waals surface area contributed by atoms with Gasteiger partial charge in [0, 0.05) is 0 Å². The number of ether oxygens (including phenoxy) is 1. The zero-order chi connectivity index (χ0) is 13.0. The van der Waals surface area contributed by atoms with Crippen molar-refractivity contribution in [1.29, 1.82) is 0 Å². The second-order valence-corrected chi connectivity index (χ2v) is 3.68. The van der Waals surface area contributed by atoms with Gasteiger partial charge in [-0.3, -0.25) is 4.79 Å². The molecule has 3 nitrogen and oxygen atoms in total. The number of hydrogen-bond donors (Lipinski definition) is 0. The topological polar surface area (TPSA) is 43.4 Å². The van der Waals surface area contributed by atoms with Crippen LogP contribution < -0.4 is 0 Å².